The molecule has 6 nitrogen and oxygen atoms in total. The van der Waals surface area contributed by atoms with Gasteiger partial charge in [0.25, 0.3) is 0 Å². The molecule has 1 unspecified atom stereocenters. The third kappa shape index (κ3) is 3.98. The van der Waals surface area contributed by atoms with Crippen molar-refractivity contribution in [2.75, 3.05) is 19.6 Å². The summed E-state index contributed by atoms with van der Waals surface area (Å²) in [5.74, 6) is 6.86. The van der Waals surface area contributed by atoms with Crippen molar-refractivity contribution in [2.45, 2.75) is 38.1 Å². The molecule has 16 heavy (non-hydrogen) atoms. The minimum absolute atomic E-state index is 0.606. The molecule has 0 amide bonds. The topological polar surface area (TPSA) is 100.0 Å². The molecule has 0 aromatic carbocycles. The van der Waals surface area contributed by atoms with Gasteiger partial charge in [-0.05, 0) is 18.8 Å². The molecule has 6 heteroatoms. The number of hydrogen-bond acceptors (Lipinski definition) is 3. The van der Waals surface area contributed by atoms with Gasteiger partial charge < -0.3 is 16.4 Å². The van der Waals surface area contributed by atoms with Crippen LogP contribution in [0.4, 0.5) is 0 Å². The van der Waals surface area contributed by atoms with Crippen LogP contribution in [-0.4, -0.2) is 30.7 Å². The average molecular weight is 225 g/mol. The van der Waals surface area contributed by atoms with Crippen LogP contribution in [0.1, 0.15) is 32.1 Å². The molecule has 0 spiro atoms. The Kier molecular flexibility index (Phi) is 6.18. The van der Waals surface area contributed by atoms with Crippen molar-refractivity contribution in [3.05, 3.63) is 16.0 Å². The van der Waals surface area contributed by atoms with Gasteiger partial charge in [0.1, 0.15) is 0 Å². The molecule has 3 N–H and O–H groups in total. The highest BCUT2D eigenvalue weighted by Crippen LogP contribution is 2.28. The van der Waals surface area contributed by atoms with E-state index < -0.39 is 0 Å². The molecule has 2 aliphatic rings. The highest BCUT2D eigenvalue weighted by Gasteiger charge is 2.28. The molecule has 0 aromatic rings. The summed E-state index contributed by atoms with van der Waals surface area (Å²) >= 11 is 0. The van der Waals surface area contributed by atoms with E-state index in [1.54, 1.807) is 0 Å². The molecule has 1 saturated carbocycles. The molecule has 0 radical (unpaired) electrons. The van der Waals surface area contributed by atoms with Crippen molar-refractivity contribution < 1.29 is 0 Å². The first-order valence-corrected chi connectivity index (χ1v) is 6.00. The summed E-state index contributed by atoms with van der Waals surface area (Å²) in [6.45, 7) is 3.17. The second kappa shape index (κ2) is 7.46. The molecule has 1 heterocycles. The minimum Gasteiger partial charge on any atom is -0.373 e. The lowest BCUT2D eigenvalue weighted by Crippen LogP contribution is -2.57. The van der Waals surface area contributed by atoms with E-state index in [9.17, 15) is 0 Å². The fraction of sp³-hybridized carbons (Fsp3) is 1.00. The molecule has 1 atom stereocenters. The zero-order valence-electron chi connectivity index (χ0n) is 9.68. The average Bonchev–Trinajstić information content (AvgIpc) is 2.32. The fourth-order valence-corrected chi connectivity index (χ4v) is 2.70. The van der Waals surface area contributed by atoms with Crippen molar-refractivity contribution in [3.8, 4) is 0 Å². The number of rotatable bonds is 1. The lowest BCUT2D eigenvalue weighted by Gasteiger charge is -2.39. The maximum Gasteiger partial charge on any atom is 0.0394 e. The maximum atomic E-state index is 6.75. The summed E-state index contributed by atoms with van der Waals surface area (Å²) in [4.78, 5) is 1.50. The molecular formula is C10H21N6-. The Morgan fingerprint density at radius 3 is 2.38 bits per heavy atom. The van der Waals surface area contributed by atoms with E-state index in [1.165, 1.54) is 37.0 Å². The van der Waals surface area contributed by atoms with Gasteiger partial charge in [-0.15, -0.1) is 0 Å². The van der Waals surface area contributed by atoms with Gasteiger partial charge in [-0.2, -0.15) is 0 Å². The van der Waals surface area contributed by atoms with Gasteiger partial charge in [-0.1, -0.05) is 19.3 Å². The zero-order chi connectivity index (χ0) is 11.8. The number of piperazine rings is 1. The van der Waals surface area contributed by atoms with Crippen LogP contribution in [0, 0.1) is 5.92 Å². The number of hydrazine groups is 1. The molecule has 1 aliphatic carbocycles. The zero-order valence-corrected chi connectivity index (χ0v) is 9.68. The Bertz CT molecular complexity index is 219. The van der Waals surface area contributed by atoms with Crippen molar-refractivity contribution in [3.63, 3.8) is 0 Å². The SMILES string of the molecule is NN1CCNCC1C1CCCCC1.[N-]=[N+]=[N-]. The largest absolute Gasteiger partial charge is 0.373 e. The molecule has 1 aliphatic heterocycles. The van der Waals surface area contributed by atoms with E-state index in [2.05, 4.69) is 10.3 Å². The van der Waals surface area contributed by atoms with Crippen LogP contribution in [-0.2, 0) is 0 Å². The fourth-order valence-electron chi connectivity index (χ4n) is 2.70. The maximum absolute atomic E-state index is 6.75. The number of hydrogen-bond donors (Lipinski definition) is 2. The molecule has 1 saturated heterocycles. The van der Waals surface area contributed by atoms with Crippen LogP contribution in [0.3, 0.4) is 0 Å². The van der Waals surface area contributed by atoms with Crippen molar-refractivity contribution in [1.82, 2.24) is 10.3 Å². The van der Waals surface area contributed by atoms with Crippen LogP contribution in [0.2, 0.25) is 0 Å². The van der Waals surface area contributed by atoms with E-state index >= 15 is 0 Å². The summed E-state index contributed by atoms with van der Waals surface area (Å²) in [6.07, 6.45) is 7.03. The van der Waals surface area contributed by atoms with Gasteiger partial charge >= 0.3 is 0 Å². The van der Waals surface area contributed by atoms with E-state index in [0.29, 0.717) is 6.04 Å². The van der Waals surface area contributed by atoms with Crippen molar-refractivity contribution in [2.24, 2.45) is 11.8 Å². The highest BCUT2D eigenvalue weighted by atomic mass is 15.4. The second-order valence-corrected chi connectivity index (χ2v) is 4.50. The Labute approximate surface area is 96.6 Å². The normalized spacial score (nSPS) is 27.7. The molecule has 92 valence electrons. The van der Waals surface area contributed by atoms with E-state index in [-0.39, 0.29) is 0 Å². The third-order valence-electron chi connectivity index (χ3n) is 3.52. The quantitative estimate of drug-likeness (QED) is 0.306. The van der Waals surface area contributed by atoms with Crippen molar-refractivity contribution in [1.29, 1.82) is 0 Å². The molecule has 2 rings (SSSR count). The van der Waals surface area contributed by atoms with Gasteiger partial charge in [0.2, 0.25) is 0 Å². The van der Waals surface area contributed by atoms with Crippen LogP contribution >= 0.6 is 0 Å². The predicted molar refractivity (Wildman–Crippen MR) is 64.2 cm³/mol. The summed E-state index contributed by atoms with van der Waals surface area (Å²) < 4.78 is 0. The smallest absolute Gasteiger partial charge is 0.0394 e. The van der Waals surface area contributed by atoms with Crippen molar-refractivity contribution >= 4 is 0 Å². The number of nitrogens with one attached hydrogen (secondary N) is 1. The lowest BCUT2D eigenvalue weighted by molar-refractivity contribution is 0.0933. The Morgan fingerprint density at radius 2 is 1.81 bits per heavy atom. The summed E-state index contributed by atoms with van der Waals surface area (Å²) in [7, 11) is 0. The predicted octanol–water partition coefficient (Wildman–Crippen LogP) is 1.58. The van der Waals surface area contributed by atoms with Gasteiger partial charge in [0, 0.05) is 25.7 Å². The molecule has 0 aromatic heterocycles. The van der Waals surface area contributed by atoms with E-state index in [4.69, 9.17) is 16.9 Å². The van der Waals surface area contributed by atoms with Crippen LogP contribution in [0.25, 0.3) is 16.0 Å². The van der Waals surface area contributed by atoms with Gasteiger partial charge in [0.15, 0.2) is 0 Å². The summed E-state index contributed by atoms with van der Waals surface area (Å²) in [6, 6.07) is 0.606. The van der Waals surface area contributed by atoms with Crippen LogP contribution in [0.15, 0.2) is 0 Å². The third-order valence-corrected chi connectivity index (χ3v) is 3.52. The summed E-state index contributed by atoms with van der Waals surface area (Å²) in [5.41, 5.74) is 13.5. The number of nitrogens with two attached hydrogens (primary N) is 1. The van der Waals surface area contributed by atoms with Crippen LogP contribution < -0.4 is 11.2 Å². The van der Waals surface area contributed by atoms with Gasteiger partial charge in [-0.25, -0.2) is 5.01 Å². The van der Waals surface area contributed by atoms with Crippen LogP contribution in [0.5, 0.6) is 0 Å². The first-order chi connectivity index (χ1) is 7.79. The minimum atomic E-state index is 0.606. The Balaban J connectivity index is 0.000000386. The number of nitrogens with zero attached hydrogens (tertiary/aromatic N) is 4. The Morgan fingerprint density at radius 1 is 1.19 bits per heavy atom. The first kappa shape index (κ1) is 13.3. The second-order valence-electron chi connectivity index (χ2n) is 4.50. The lowest BCUT2D eigenvalue weighted by atomic mass is 9.83. The molecule has 0 bridgehead atoms. The van der Waals surface area contributed by atoms with Gasteiger partial charge in [0.05, 0.1) is 0 Å². The standard InChI is InChI=1S/C10H21N3.N3/c11-13-7-6-12-8-10(13)9-4-2-1-3-5-9;1-3-2/h9-10,12H,1-8,11H2;/q;-1. The molecular weight excluding hydrogens is 204 g/mol. The highest BCUT2D eigenvalue weighted by molar-refractivity contribution is 4.84. The molecule has 2 fully saturated rings. The van der Waals surface area contributed by atoms with Gasteiger partial charge in [-0.3, -0.25) is 10.8 Å². The Hall–Kier alpha value is -0.810. The summed E-state index contributed by atoms with van der Waals surface area (Å²) in [5, 5.41) is 5.50. The monoisotopic (exact) mass is 225 g/mol. The van der Waals surface area contributed by atoms with E-state index in [0.717, 1.165) is 25.6 Å². The van der Waals surface area contributed by atoms with E-state index in [1.807, 2.05) is 0 Å². The first-order valence-electron chi connectivity index (χ1n) is 6.00.